The Bertz CT molecular complexity index is 989. The fourth-order valence-corrected chi connectivity index (χ4v) is 4.21. The molecule has 0 amide bonds. The lowest BCUT2D eigenvalue weighted by atomic mass is 10.1. The molecule has 1 aromatic heterocycles. The van der Waals surface area contributed by atoms with Gasteiger partial charge in [-0.1, -0.05) is 18.2 Å². The van der Waals surface area contributed by atoms with Gasteiger partial charge in [0.1, 0.15) is 0 Å². The first-order valence-electron chi connectivity index (χ1n) is 10.3. The van der Waals surface area contributed by atoms with E-state index in [0.29, 0.717) is 6.79 Å². The van der Waals surface area contributed by atoms with Crippen molar-refractivity contribution < 1.29 is 9.47 Å². The van der Waals surface area contributed by atoms with Crippen LogP contribution >= 0.6 is 0 Å². The predicted octanol–water partition coefficient (Wildman–Crippen LogP) is 3.83. The Hall–Kier alpha value is -2.76. The summed E-state index contributed by atoms with van der Waals surface area (Å²) in [4.78, 5) is 5.07. The molecule has 150 valence electrons. The summed E-state index contributed by atoms with van der Waals surface area (Å²) in [6.45, 7) is 8.77. The molecule has 2 aliphatic heterocycles. The van der Waals surface area contributed by atoms with Gasteiger partial charge in [0.15, 0.2) is 11.5 Å². The molecule has 0 radical (unpaired) electrons. The fraction of sp³-hybridized carbons (Fsp3) is 0.333. The summed E-state index contributed by atoms with van der Waals surface area (Å²) in [5, 5.41) is 0. The number of fused-ring (bicyclic) bond motifs is 1. The topological polar surface area (TPSA) is 29.9 Å². The molecule has 5 nitrogen and oxygen atoms in total. The second-order valence-corrected chi connectivity index (χ2v) is 7.95. The normalized spacial score (nSPS) is 17.0. The van der Waals surface area contributed by atoms with E-state index in [1.54, 1.807) is 0 Å². The maximum Gasteiger partial charge on any atom is 0.231 e. The number of aryl methyl sites for hydroxylation is 1. The summed E-state index contributed by atoms with van der Waals surface area (Å²) in [5.74, 6) is 1.73. The van der Waals surface area contributed by atoms with Gasteiger partial charge in [0.25, 0.3) is 0 Å². The maximum atomic E-state index is 5.51. The molecule has 0 bridgehead atoms. The second kappa shape index (κ2) is 7.93. The van der Waals surface area contributed by atoms with E-state index in [4.69, 9.17) is 9.47 Å². The van der Waals surface area contributed by atoms with Gasteiger partial charge in [-0.25, -0.2) is 0 Å². The molecular weight excluding hydrogens is 362 g/mol. The van der Waals surface area contributed by atoms with Crippen LogP contribution in [0.1, 0.15) is 16.8 Å². The van der Waals surface area contributed by atoms with Crippen LogP contribution in [0.15, 0.2) is 60.8 Å². The number of rotatable bonds is 5. The Morgan fingerprint density at radius 1 is 0.793 bits per heavy atom. The highest BCUT2D eigenvalue weighted by atomic mass is 16.7. The molecular formula is C24H27N3O2. The third kappa shape index (κ3) is 4.02. The summed E-state index contributed by atoms with van der Waals surface area (Å²) in [5.41, 5.74) is 5.17. The van der Waals surface area contributed by atoms with Gasteiger partial charge in [0.2, 0.25) is 6.79 Å². The lowest BCUT2D eigenvalue weighted by molar-refractivity contribution is 0.120. The van der Waals surface area contributed by atoms with Crippen molar-refractivity contribution in [1.82, 2.24) is 14.4 Å². The lowest BCUT2D eigenvalue weighted by Crippen LogP contribution is -2.45. The smallest absolute Gasteiger partial charge is 0.231 e. The zero-order valence-corrected chi connectivity index (χ0v) is 16.9. The van der Waals surface area contributed by atoms with Crippen molar-refractivity contribution in [3.63, 3.8) is 0 Å². The van der Waals surface area contributed by atoms with Crippen LogP contribution < -0.4 is 9.47 Å². The van der Waals surface area contributed by atoms with Gasteiger partial charge in [-0.15, -0.1) is 0 Å². The van der Waals surface area contributed by atoms with E-state index in [9.17, 15) is 0 Å². The van der Waals surface area contributed by atoms with Crippen molar-refractivity contribution in [2.24, 2.45) is 0 Å². The summed E-state index contributed by atoms with van der Waals surface area (Å²) in [7, 11) is 0. The van der Waals surface area contributed by atoms with E-state index in [1.807, 2.05) is 6.07 Å². The standard InChI is InChI=1S/C24H27N3O2/c1-19-4-2-5-21(14-19)27-9-3-6-22(27)17-26-12-10-25(11-13-26)16-20-7-8-23-24(15-20)29-18-28-23/h2-9,14-15H,10-13,16-18H2,1H3. The van der Waals surface area contributed by atoms with E-state index in [-0.39, 0.29) is 0 Å². The molecule has 5 heteroatoms. The van der Waals surface area contributed by atoms with Crippen LogP contribution in [-0.4, -0.2) is 47.3 Å². The van der Waals surface area contributed by atoms with Gasteiger partial charge >= 0.3 is 0 Å². The van der Waals surface area contributed by atoms with Crippen LogP contribution in [0.4, 0.5) is 0 Å². The van der Waals surface area contributed by atoms with Crippen LogP contribution in [-0.2, 0) is 13.1 Å². The van der Waals surface area contributed by atoms with Crippen LogP contribution in [0.2, 0.25) is 0 Å². The highest BCUT2D eigenvalue weighted by Crippen LogP contribution is 2.32. The first kappa shape index (κ1) is 18.3. The third-order valence-corrected chi connectivity index (χ3v) is 5.81. The van der Waals surface area contributed by atoms with Gasteiger partial charge in [0, 0.05) is 56.8 Å². The quantitative estimate of drug-likeness (QED) is 0.663. The van der Waals surface area contributed by atoms with E-state index < -0.39 is 0 Å². The van der Waals surface area contributed by atoms with Crippen molar-refractivity contribution in [3.05, 3.63) is 77.6 Å². The molecule has 3 heterocycles. The first-order chi connectivity index (χ1) is 14.2. The Labute approximate surface area is 172 Å². The molecule has 1 saturated heterocycles. The number of nitrogens with zero attached hydrogens (tertiary/aromatic N) is 3. The Morgan fingerprint density at radius 2 is 1.59 bits per heavy atom. The predicted molar refractivity (Wildman–Crippen MR) is 114 cm³/mol. The molecule has 5 rings (SSSR count). The highest BCUT2D eigenvalue weighted by molar-refractivity contribution is 5.44. The Kier molecular flexibility index (Phi) is 5.00. The average Bonchev–Trinajstić information content (AvgIpc) is 3.38. The van der Waals surface area contributed by atoms with E-state index >= 15 is 0 Å². The number of ether oxygens (including phenoxy) is 2. The minimum Gasteiger partial charge on any atom is -0.454 e. The summed E-state index contributed by atoms with van der Waals surface area (Å²) >= 11 is 0. The molecule has 0 spiro atoms. The minimum atomic E-state index is 0.335. The van der Waals surface area contributed by atoms with Crippen molar-refractivity contribution in [1.29, 1.82) is 0 Å². The molecule has 29 heavy (non-hydrogen) atoms. The van der Waals surface area contributed by atoms with Crippen LogP contribution in [0.5, 0.6) is 11.5 Å². The van der Waals surface area contributed by atoms with Crippen molar-refractivity contribution >= 4 is 0 Å². The molecule has 1 fully saturated rings. The lowest BCUT2D eigenvalue weighted by Gasteiger charge is -2.34. The average molecular weight is 389 g/mol. The van der Waals surface area contributed by atoms with E-state index in [1.165, 1.54) is 22.5 Å². The van der Waals surface area contributed by atoms with Crippen LogP contribution in [0.25, 0.3) is 5.69 Å². The van der Waals surface area contributed by atoms with Crippen LogP contribution in [0.3, 0.4) is 0 Å². The largest absolute Gasteiger partial charge is 0.454 e. The second-order valence-electron chi connectivity index (χ2n) is 7.95. The molecule has 0 N–H and O–H groups in total. The molecule has 0 saturated carbocycles. The molecule has 0 atom stereocenters. The summed E-state index contributed by atoms with van der Waals surface area (Å²) < 4.78 is 13.2. The number of hydrogen-bond acceptors (Lipinski definition) is 4. The zero-order valence-electron chi connectivity index (χ0n) is 16.9. The van der Waals surface area contributed by atoms with Gasteiger partial charge in [-0.2, -0.15) is 0 Å². The molecule has 0 unspecified atom stereocenters. The molecule has 2 aliphatic rings. The van der Waals surface area contributed by atoms with Crippen LogP contribution in [0, 0.1) is 6.92 Å². The number of aromatic nitrogens is 1. The number of piperazine rings is 1. The Morgan fingerprint density at radius 3 is 2.41 bits per heavy atom. The maximum absolute atomic E-state index is 5.51. The molecule has 3 aromatic rings. The van der Waals surface area contributed by atoms with Gasteiger partial charge in [0.05, 0.1) is 0 Å². The van der Waals surface area contributed by atoms with E-state index in [2.05, 4.69) is 76.0 Å². The number of benzene rings is 2. The SMILES string of the molecule is Cc1cccc(-n2cccc2CN2CCN(Cc3ccc4c(c3)OCO4)CC2)c1. The summed E-state index contributed by atoms with van der Waals surface area (Å²) in [6, 6.07) is 19.4. The third-order valence-electron chi connectivity index (χ3n) is 5.81. The van der Waals surface area contributed by atoms with Gasteiger partial charge in [-0.3, -0.25) is 9.80 Å². The molecule has 0 aliphatic carbocycles. The van der Waals surface area contributed by atoms with Crippen molar-refractivity contribution in [3.8, 4) is 17.2 Å². The van der Waals surface area contributed by atoms with Gasteiger partial charge in [-0.05, 0) is 54.4 Å². The van der Waals surface area contributed by atoms with Crippen molar-refractivity contribution in [2.75, 3.05) is 33.0 Å². The highest BCUT2D eigenvalue weighted by Gasteiger charge is 2.20. The van der Waals surface area contributed by atoms with Gasteiger partial charge < -0.3 is 14.0 Å². The van der Waals surface area contributed by atoms with Crippen molar-refractivity contribution in [2.45, 2.75) is 20.0 Å². The molecule has 2 aromatic carbocycles. The minimum absolute atomic E-state index is 0.335. The fourth-order valence-electron chi connectivity index (χ4n) is 4.21. The number of hydrogen-bond donors (Lipinski definition) is 0. The summed E-state index contributed by atoms with van der Waals surface area (Å²) in [6.07, 6.45) is 2.17. The van der Waals surface area contributed by atoms with E-state index in [0.717, 1.165) is 50.8 Å². The first-order valence-corrected chi connectivity index (χ1v) is 10.3. The Balaban J connectivity index is 1.18. The monoisotopic (exact) mass is 389 g/mol. The zero-order chi connectivity index (χ0) is 19.6.